The van der Waals surface area contributed by atoms with Gasteiger partial charge in [-0.15, -0.1) is 0 Å². The van der Waals surface area contributed by atoms with E-state index in [0.29, 0.717) is 12.2 Å². The third-order valence-corrected chi connectivity index (χ3v) is 8.37. The van der Waals surface area contributed by atoms with Crippen molar-refractivity contribution in [1.29, 1.82) is 0 Å². The first kappa shape index (κ1) is 23.7. The van der Waals surface area contributed by atoms with Crippen LogP contribution in [0.3, 0.4) is 0 Å². The molecule has 6 rings (SSSR count). The predicted octanol–water partition coefficient (Wildman–Crippen LogP) is 5.75. The molecule has 3 heterocycles. The van der Waals surface area contributed by atoms with Crippen molar-refractivity contribution in [1.82, 2.24) is 14.8 Å². The normalized spacial score (nSPS) is 21.4. The van der Waals surface area contributed by atoms with Crippen molar-refractivity contribution < 1.29 is 14.0 Å². The van der Waals surface area contributed by atoms with E-state index in [1.165, 1.54) is 22.6 Å². The summed E-state index contributed by atoms with van der Waals surface area (Å²) in [6.45, 7) is 4.10. The van der Waals surface area contributed by atoms with Gasteiger partial charge in [0.25, 0.3) is 5.91 Å². The van der Waals surface area contributed by atoms with Crippen molar-refractivity contribution in [2.45, 2.75) is 38.3 Å². The van der Waals surface area contributed by atoms with E-state index >= 15 is 0 Å². The average Bonchev–Trinajstić information content (AvgIpc) is 3.30. The number of piperazine rings is 1. The van der Waals surface area contributed by atoms with Crippen LogP contribution in [0.25, 0.3) is 10.9 Å². The highest BCUT2D eigenvalue weighted by atomic mass is 35.5. The first-order valence-corrected chi connectivity index (χ1v) is 12.9. The van der Waals surface area contributed by atoms with Crippen LogP contribution >= 0.6 is 11.6 Å². The van der Waals surface area contributed by atoms with Gasteiger partial charge in [0, 0.05) is 34.0 Å². The molecular weight excluding hydrogens is 489 g/mol. The molecule has 0 saturated carbocycles. The van der Waals surface area contributed by atoms with Crippen molar-refractivity contribution in [3.63, 3.8) is 0 Å². The number of hydrogen-bond acceptors (Lipinski definition) is 2. The third-order valence-electron chi connectivity index (χ3n) is 8.02. The number of amides is 2. The molecule has 1 fully saturated rings. The third kappa shape index (κ3) is 3.57. The van der Waals surface area contributed by atoms with Crippen LogP contribution < -0.4 is 0 Å². The number of rotatable bonds is 4. The summed E-state index contributed by atoms with van der Waals surface area (Å²) >= 11 is 6.27. The van der Waals surface area contributed by atoms with Crippen molar-refractivity contribution in [3.05, 3.63) is 106 Å². The molecule has 0 bridgehead atoms. The number of hydrogen-bond donors (Lipinski definition) is 1. The highest BCUT2D eigenvalue weighted by Gasteiger charge is 2.56. The molecule has 0 aliphatic carbocycles. The molecule has 0 radical (unpaired) electrons. The molecule has 1 aromatic heterocycles. The summed E-state index contributed by atoms with van der Waals surface area (Å²) in [4.78, 5) is 34.4. The van der Waals surface area contributed by atoms with Crippen LogP contribution in [0.1, 0.15) is 47.7 Å². The number of fused-ring (bicyclic) bond motifs is 5. The Morgan fingerprint density at radius 2 is 1.81 bits per heavy atom. The van der Waals surface area contributed by atoms with Gasteiger partial charge < -0.3 is 14.8 Å². The molecule has 4 aromatic rings. The largest absolute Gasteiger partial charge is 0.356 e. The molecule has 2 atom stereocenters. The number of H-pyrrole nitrogens is 1. The van der Waals surface area contributed by atoms with Crippen LogP contribution in [-0.2, 0) is 28.1 Å². The number of nitrogens with zero attached hydrogens (tertiary/aromatic N) is 2. The Balaban J connectivity index is 1.49. The number of halogens is 2. The molecule has 1 N–H and O–H groups in total. The summed E-state index contributed by atoms with van der Waals surface area (Å²) in [6.07, 6.45) is 0.947. The molecule has 2 amide bonds. The number of carbonyl (C=O) groups is 2. The lowest BCUT2D eigenvalue weighted by molar-refractivity contribution is -0.167. The Hall–Kier alpha value is -3.64. The fourth-order valence-corrected chi connectivity index (χ4v) is 6.19. The van der Waals surface area contributed by atoms with E-state index in [-0.39, 0.29) is 41.4 Å². The van der Waals surface area contributed by atoms with Crippen LogP contribution in [0, 0.1) is 5.82 Å². The number of aromatic amines is 1. The van der Waals surface area contributed by atoms with Gasteiger partial charge in [-0.25, -0.2) is 4.39 Å². The molecule has 2 aliphatic heterocycles. The van der Waals surface area contributed by atoms with E-state index in [4.69, 9.17) is 11.6 Å². The molecule has 1 saturated heterocycles. The number of carbonyl (C=O) groups excluding carboxylic acids is 2. The number of nitrogens with one attached hydrogen (secondary N) is 1. The van der Waals surface area contributed by atoms with Crippen LogP contribution in [0.2, 0.25) is 5.02 Å². The molecule has 0 unspecified atom stereocenters. The summed E-state index contributed by atoms with van der Waals surface area (Å²) in [6, 6.07) is 20.9. The topological polar surface area (TPSA) is 56.4 Å². The molecule has 2 aliphatic rings. The summed E-state index contributed by atoms with van der Waals surface area (Å²) in [5, 5.41) is 1.27. The second-order valence-electron chi connectivity index (χ2n) is 10.0. The van der Waals surface area contributed by atoms with Gasteiger partial charge in [-0.05, 0) is 48.2 Å². The lowest BCUT2D eigenvalue weighted by Gasteiger charge is -2.51. The molecule has 0 spiro atoms. The molecule has 3 aromatic carbocycles. The first-order chi connectivity index (χ1) is 17.8. The number of aryl methyl sites for hydroxylation is 1. The highest BCUT2D eigenvalue weighted by Crippen LogP contribution is 2.48. The standard InChI is InChI=1S/C30H27ClFN3O2/c1-3-18-11-13-19(14-12-18)21-16-35-26(36)17-34(15-22-23(31)8-6-9-24(22)32)29(37)30(35,2)28-27(21)20-7-4-5-10-25(20)33-28/h4-14,21,33H,3,15-17H2,1-2H3/t21-,30+/m1/s1. The minimum absolute atomic E-state index is 0.0724. The summed E-state index contributed by atoms with van der Waals surface area (Å²) < 4.78 is 14.6. The van der Waals surface area contributed by atoms with Gasteiger partial charge in [-0.2, -0.15) is 0 Å². The minimum atomic E-state index is -1.25. The quantitative estimate of drug-likeness (QED) is 0.376. The molecule has 5 nitrogen and oxygen atoms in total. The van der Waals surface area contributed by atoms with Gasteiger partial charge in [0.05, 0.1) is 12.2 Å². The molecular formula is C30H27ClFN3O2. The monoisotopic (exact) mass is 515 g/mol. The smallest absolute Gasteiger partial charge is 0.255 e. The lowest BCUT2D eigenvalue weighted by atomic mass is 9.76. The molecule has 188 valence electrons. The van der Waals surface area contributed by atoms with E-state index in [0.717, 1.165) is 28.5 Å². The second-order valence-corrected chi connectivity index (χ2v) is 10.5. The fourth-order valence-electron chi connectivity index (χ4n) is 5.96. The second kappa shape index (κ2) is 8.73. The Morgan fingerprint density at radius 1 is 1.05 bits per heavy atom. The highest BCUT2D eigenvalue weighted by molar-refractivity contribution is 6.31. The van der Waals surface area contributed by atoms with Gasteiger partial charge in [0.2, 0.25) is 5.91 Å². The Morgan fingerprint density at radius 3 is 2.54 bits per heavy atom. The van der Waals surface area contributed by atoms with Crippen molar-refractivity contribution in [3.8, 4) is 0 Å². The number of para-hydroxylation sites is 1. The lowest BCUT2D eigenvalue weighted by Crippen LogP contribution is -2.67. The zero-order valence-electron chi connectivity index (χ0n) is 20.7. The maximum atomic E-state index is 14.6. The van der Waals surface area contributed by atoms with Crippen LogP contribution in [0.4, 0.5) is 4.39 Å². The predicted molar refractivity (Wildman–Crippen MR) is 142 cm³/mol. The molecule has 7 heteroatoms. The summed E-state index contributed by atoms with van der Waals surface area (Å²) in [5.74, 6) is -1.01. The first-order valence-electron chi connectivity index (χ1n) is 12.6. The van der Waals surface area contributed by atoms with Gasteiger partial charge in [0.1, 0.15) is 12.4 Å². The van der Waals surface area contributed by atoms with Gasteiger partial charge in [-0.3, -0.25) is 9.59 Å². The van der Waals surface area contributed by atoms with Crippen molar-refractivity contribution in [2.24, 2.45) is 0 Å². The summed E-state index contributed by atoms with van der Waals surface area (Å²) in [7, 11) is 0. The van der Waals surface area contributed by atoms with E-state index in [2.05, 4.69) is 42.2 Å². The van der Waals surface area contributed by atoms with Gasteiger partial charge >= 0.3 is 0 Å². The van der Waals surface area contributed by atoms with Crippen molar-refractivity contribution in [2.75, 3.05) is 13.1 Å². The minimum Gasteiger partial charge on any atom is -0.356 e. The van der Waals surface area contributed by atoms with Crippen LogP contribution in [0.5, 0.6) is 0 Å². The molecule has 37 heavy (non-hydrogen) atoms. The maximum Gasteiger partial charge on any atom is 0.255 e. The van der Waals surface area contributed by atoms with Gasteiger partial charge in [-0.1, -0.05) is 67.1 Å². The van der Waals surface area contributed by atoms with Crippen LogP contribution in [0.15, 0.2) is 66.7 Å². The maximum absolute atomic E-state index is 14.6. The SMILES string of the molecule is CCc1ccc([C@H]2CN3C(=O)CN(Cc4c(F)cccc4Cl)C(=O)[C@]3(C)c3[nH]c4ccccc4c32)cc1. The fraction of sp³-hybridized carbons (Fsp3) is 0.267. The zero-order chi connectivity index (χ0) is 25.9. The Kier molecular flexibility index (Phi) is 5.60. The Bertz CT molecular complexity index is 1530. The zero-order valence-corrected chi connectivity index (χ0v) is 21.5. The average molecular weight is 516 g/mol. The van der Waals surface area contributed by atoms with Crippen molar-refractivity contribution >= 4 is 34.3 Å². The number of benzene rings is 3. The summed E-state index contributed by atoms with van der Waals surface area (Å²) in [5.41, 5.74) is 3.98. The number of aromatic nitrogens is 1. The van der Waals surface area contributed by atoms with Crippen LogP contribution in [-0.4, -0.2) is 39.7 Å². The Labute approximate surface area is 219 Å². The van der Waals surface area contributed by atoms with E-state index in [1.807, 2.05) is 18.2 Å². The van der Waals surface area contributed by atoms with E-state index < -0.39 is 11.4 Å². The van der Waals surface area contributed by atoms with Gasteiger partial charge in [0.15, 0.2) is 5.54 Å². The van der Waals surface area contributed by atoms with E-state index in [9.17, 15) is 14.0 Å². The van der Waals surface area contributed by atoms with E-state index in [1.54, 1.807) is 17.9 Å².